The van der Waals surface area contributed by atoms with Crippen LogP contribution in [0.1, 0.15) is 17.0 Å². The summed E-state index contributed by atoms with van der Waals surface area (Å²) in [6.07, 6.45) is 11.1. The van der Waals surface area contributed by atoms with Crippen molar-refractivity contribution >= 4 is 62.7 Å². The normalized spacial score (nSPS) is 15.8. The van der Waals surface area contributed by atoms with E-state index in [0.717, 1.165) is 38.7 Å². The fourth-order valence-corrected chi connectivity index (χ4v) is 7.32. The smallest absolute Gasteiger partial charge is 0.247 e. The van der Waals surface area contributed by atoms with Crippen LogP contribution in [0.25, 0.3) is 39.3 Å². The van der Waals surface area contributed by atoms with E-state index in [2.05, 4.69) is 30.6 Å². The van der Waals surface area contributed by atoms with E-state index < -0.39 is 12.1 Å². The molecule has 4 aromatic carbocycles. The molecule has 9 rings (SSSR count). The van der Waals surface area contributed by atoms with Gasteiger partial charge in [0.05, 0.1) is 52.2 Å². The molecule has 2 atom stereocenters. The van der Waals surface area contributed by atoms with Crippen molar-refractivity contribution in [3.05, 3.63) is 167 Å². The van der Waals surface area contributed by atoms with Crippen molar-refractivity contribution in [2.45, 2.75) is 25.2 Å². The fourth-order valence-electron chi connectivity index (χ4n) is 6.99. The molecule has 5 heterocycles. The van der Waals surface area contributed by atoms with Gasteiger partial charge in [0.25, 0.3) is 0 Å². The molecule has 55 heavy (non-hydrogen) atoms. The Labute approximate surface area is 323 Å². The van der Waals surface area contributed by atoms with E-state index in [4.69, 9.17) is 23.2 Å². The van der Waals surface area contributed by atoms with Crippen LogP contribution in [-0.2, 0) is 17.9 Å². The van der Waals surface area contributed by atoms with E-state index in [-0.39, 0.29) is 24.8 Å². The summed E-state index contributed by atoms with van der Waals surface area (Å²) in [5.74, 6) is -0.532. The minimum atomic E-state index is -0.631. The van der Waals surface area contributed by atoms with Crippen LogP contribution in [0, 0.1) is 5.82 Å². The molecule has 1 aliphatic heterocycles. The van der Waals surface area contributed by atoms with Crippen LogP contribution in [0.15, 0.2) is 134 Å². The van der Waals surface area contributed by atoms with Crippen molar-refractivity contribution in [2.75, 3.05) is 4.90 Å². The summed E-state index contributed by atoms with van der Waals surface area (Å²) < 4.78 is 17.4. The van der Waals surface area contributed by atoms with Gasteiger partial charge in [-0.15, -0.1) is 10.2 Å². The van der Waals surface area contributed by atoms with Crippen LogP contribution in [0.5, 0.6) is 0 Å². The van der Waals surface area contributed by atoms with Crippen molar-refractivity contribution in [1.29, 1.82) is 0 Å². The molecule has 8 aromatic rings. The highest BCUT2D eigenvalue weighted by Gasteiger charge is 2.50. The average Bonchev–Trinajstić information content (AvgIpc) is 3.87. The van der Waals surface area contributed by atoms with Crippen LogP contribution in [0.4, 0.5) is 10.1 Å². The molecule has 0 saturated carbocycles. The molecule has 1 amide bonds. The van der Waals surface area contributed by atoms with Gasteiger partial charge in [-0.2, -0.15) is 0 Å². The van der Waals surface area contributed by atoms with E-state index >= 15 is 0 Å². The van der Waals surface area contributed by atoms with Gasteiger partial charge in [-0.1, -0.05) is 76.1 Å². The lowest BCUT2D eigenvalue weighted by Gasteiger charge is -2.50. The van der Waals surface area contributed by atoms with E-state index in [1.165, 1.54) is 12.1 Å². The number of β-lactam (4-membered cyclic amide) rings is 1. The van der Waals surface area contributed by atoms with Gasteiger partial charge < -0.3 is 4.90 Å². The third kappa shape index (κ3) is 6.82. The minimum Gasteiger partial charge on any atom is -0.302 e. The second-order valence-corrected chi connectivity index (χ2v) is 14.0. The maximum absolute atomic E-state index is 14.3. The first-order chi connectivity index (χ1) is 26.9. The van der Waals surface area contributed by atoms with Crippen molar-refractivity contribution in [3.63, 3.8) is 0 Å². The number of anilines is 1. The highest BCUT2D eigenvalue weighted by atomic mass is 35.5. The summed E-state index contributed by atoms with van der Waals surface area (Å²) >= 11 is 12.5. The van der Waals surface area contributed by atoms with E-state index in [0.29, 0.717) is 27.1 Å². The Morgan fingerprint density at radius 1 is 0.709 bits per heavy atom. The highest BCUT2D eigenvalue weighted by Crippen LogP contribution is 2.35. The number of carbonyl (C=O) groups excluding carboxylic acids is 1. The van der Waals surface area contributed by atoms with Crippen LogP contribution in [0.2, 0.25) is 10.0 Å². The second kappa shape index (κ2) is 14.5. The van der Waals surface area contributed by atoms with Crippen molar-refractivity contribution in [3.8, 4) is 11.4 Å². The van der Waals surface area contributed by atoms with Crippen molar-refractivity contribution in [2.24, 2.45) is 0 Å². The molecule has 0 spiro atoms. The van der Waals surface area contributed by atoms with Gasteiger partial charge in [-0.3, -0.25) is 19.7 Å². The summed E-state index contributed by atoms with van der Waals surface area (Å²) in [7, 11) is 0. The molecule has 0 unspecified atom stereocenters. The summed E-state index contributed by atoms with van der Waals surface area (Å²) in [6.45, 7) is 0.503. The Hall–Kier alpha value is -6.34. The van der Waals surface area contributed by atoms with Gasteiger partial charge in [-0.25, -0.2) is 13.8 Å². The van der Waals surface area contributed by atoms with E-state index in [1.54, 1.807) is 50.9 Å². The molecular formula is C41H29Cl2FN10O. The van der Waals surface area contributed by atoms with Crippen molar-refractivity contribution in [1.82, 2.24) is 44.9 Å². The molecular weight excluding hydrogens is 738 g/mol. The molecule has 1 aliphatic rings. The molecule has 0 N–H and O–H groups in total. The molecule has 4 aromatic heterocycles. The molecule has 1 fully saturated rings. The number of pyridine rings is 2. The zero-order valence-corrected chi connectivity index (χ0v) is 30.4. The Morgan fingerprint density at radius 3 is 1.84 bits per heavy atom. The fraction of sp³-hybridized carbons (Fsp3) is 0.0976. The number of benzene rings is 4. The van der Waals surface area contributed by atoms with Gasteiger partial charge in [0.15, 0.2) is 0 Å². The van der Waals surface area contributed by atoms with Gasteiger partial charge in [0, 0.05) is 52.0 Å². The first kappa shape index (κ1) is 34.4. The highest BCUT2D eigenvalue weighted by molar-refractivity contribution is 6.31. The number of hydrogen-bond acceptors (Lipinski definition) is 8. The lowest BCUT2D eigenvalue weighted by molar-refractivity contribution is -0.131. The number of amides is 1. The molecule has 14 heteroatoms. The van der Waals surface area contributed by atoms with E-state index in [9.17, 15) is 9.18 Å². The van der Waals surface area contributed by atoms with Gasteiger partial charge >= 0.3 is 0 Å². The molecule has 270 valence electrons. The number of fused-ring (bicyclic) bond motifs is 2. The number of carbonyl (C=O) groups is 1. The Kier molecular flexibility index (Phi) is 9.06. The topological polar surface area (TPSA) is 111 Å². The Morgan fingerprint density at radius 2 is 1.27 bits per heavy atom. The summed E-state index contributed by atoms with van der Waals surface area (Å²) in [5.41, 5.74) is 5.85. The second-order valence-electron chi connectivity index (χ2n) is 13.1. The predicted octanol–water partition coefficient (Wildman–Crippen LogP) is 7.89. The number of hydrogen-bond donors (Lipinski definition) is 0. The van der Waals surface area contributed by atoms with Crippen LogP contribution in [-0.4, -0.2) is 62.8 Å². The van der Waals surface area contributed by atoms with E-state index in [1.807, 2.05) is 96.2 Å². The Bertz CT molecular complexity index is 2590. The zero-order valence-electron chi connectivity index (χ0n) is 28.9. The first-order valence-corrected chi connectivity index (χ1v) is 18.1. The summed E-state index contributed by atoms with van der Waals surface area (Å²) in [5, 5.41) is 20.9. The summed E-state index contributed by atoms with van der Waals surface area (Å²) in [4.78, 5) is 27.0. The maximum atomic E-state index is 14.3. The number of aromatic nitrogens is 8. The monoisotopic (exact) mass is 766 g/mol. The third-order valence-corrected chi connectivity index (χ3v) is 10.0. The van der Waals surface area contributed by atoms with Crippen LogP contribution in [0.3, 0.4) is 0 Å². The minimum absolute atomic E-state index is 0.150. The number of rotatable bonds is 10. The van der Waals surface area contributed by atoms with Gasteiger partial charge in [0.2, 0.25) is 5.91 Å². The quantitative estimate of drug-likeness (QED) is 0.129. The number of halogens is 3. The molecule has 0 aliphatic carbocycles. The third-order valence-electron chi connectivity index (χ3n) is 9.56. The van der Waals surface area contributed by atoms with Gasteiger partial charge in [-0.05, 0) is 78.4 Å². The van der Waals surface area contributed by atoms with Crippen LogP contribution < -0.4 is 4.90 Å². The van der Waals surface area contributed by atoms with Crippen LogP contribution >= 0.6 is 23.2 Å². The number of nitrogens with zero attached hydrogens (tertiary/aromatic N) is 10. The lowest BCUT2D eigenvalue weighted by atomic mass is 9.90. The maximum Gasteiger partial charge on any atom is 0.247 e. The standard InChI is InChI=1S/C41H29Cl2FN10O/c42-27-7-13-33-35(20-27)45-18-16-37(33)52-24-30(47-49-52)22-51(23-31-25-53(50-48-31)38-17-19-46-36-21-28(43)8-14-34(36)38)40-39(15-6-26-4-2-1-3-5-26)54(41(40)55)32-11-9-29(44)10-12-32/h1-21,24-25,39-40H,22-23H2/b15-6+/t39-,40+/m1/s1. The van der Waals surface area contributed by atoms with Gasteiger partial charge in [0.1, 0.15) is 11.9 Å². The zero-order chi connectivity index (χ0) is 37.5. The SMILES string of the molecule is O=C1[C@@H](N(Cc2cn(-c3ccnc4cc(Cl)ccc34)nn2)Cc2cn(-c3ccnc4cc(Cl)ccc34)nn2)[C@@H](/C=C/c2ccccc2)N1c1ccc(F)cc1. The summed E-state index contributed by atoms with van der Waals surface area (Å²) in [6, 6.07) is 29.5. The lowest BCUT2D eigenvalue weighted by Crippen LogP contribution is -2.70. The van der Waals surface area contributed by atoms with Crippen molar-refractivity contribution < 1.29 is 9.18 Å². The largest absolute Gasteiger partial charge is 0.302 e. The molecule has 0 bridgehead atoms. The predicted molar refractivity (Wildman–Crippen MR) is 210 cm³/mol. The molecule has 0 radical (unpaired) electrons. The Balaban J connectivity index is 1.09. The molecule has 1 saturated heterocycles. The average molecular weight is 768 g/mol. The first-order valence-electron chi connectivity index (χ1n) is 17.4. The molecule has 11 nitrogen and oxygen atoms in total.